The third kappa shape index (κ3) is 3.69. The number of aromatic nitrogens is 1. The predicted octanol–water partition coefficient (Wildman–Crippen LogP) is 3.31. The smallest absolute Gasteiger partial charge is 0.255 e. The van der Waals surface area contributed by atoms with Crippen molar-refractivity contribution in [3.63, 3.8) is 0 Å². The average molecular weight is 413 g/mol. The summed E-state index contributed by atoms with van der Waals surface area (Å²) in [6.07, 6.45) is 3.19. The summed E-state index contributed by atoms with van der Waals surface area (Å²) in [6, 6.07) is 9.83. The van der Waals surface area contributed by atoms with Crippen LogP contribution < -0.4 is 5.32 Å². The van der Waals surface area contributed by atoms with Gasteiger partial charge in [0.05, 0.1) is 17.1 Å². The summed E-state index contributed by atoms with van der Waals surface area (Å²) >= 11 is 6.02. The van der Waals surface area contributed by atoms with Crippen LogP contribution in [0.2, 0.25) is 5.02 Å². The Morgan fingerprint density at radius 1 is 1.31 bits per heavy atom. The Kier molecular flexibility index (Phi) is 4.99. The number of nitrogens with zero attached hydrogens (tertiary/aromatic N) is 3. The van der Waals surface area contributed by atoms with E-state index in [4.69, 9.17) is 11.6 Å². The van der Waals surface area contributed by atoms with Gasteiger partial charge in [-0.15, -0.1) is 0 Å². The van der Waals surface area contributed by atoms with Crippen LogP contribution in [0.3, 0.4) is 0 Å². The van der Waals surface area contributed by atoms with Crippen molar-refractivity contribution in [1.29, 1.82) is 0 Å². The van der Waals surface area contributed by atoms with E-state index in [0.717, 1.165) is 29.8 Å². The first kappa shape index (κ1) is 19.7. The summed E-state index contributed by atoms with van der Waals surface area (Å²) in [5.74, 6) is 0.811. The number of likely N-dealkylation sites (N-methyl/N-ethyl adjacent to an activating group) is 1. The molecule has 3 heterocycles. The van der Waals surface area contributed by atoms with E-state index in [1.807, 2.05) is 35.2 Å². The highest BCUT2D eigenvalue weighted by atomic mass is 35.5. The molecule has 0 radical (unpaired) electrons. The second kappa shape index (κ2) is 7.34. The van der Waals surface area contributed by atoms with Gasteiger partial charge in [0.15, 0.2) is 0 Å². The lowest BCUT2D eigenvalue weighted by Gasteiger charge is -2.25. The SMILES string of the molecule is CC(=O)N(C)C1CCN(C(=O)c2cnc3c(c2)CC(C)(c2ccc(Cl)cc2)N3)C1. The van der Waals surface area contributed by atoms with Crippen LogP contribution in [0.1, 0.15) is 41.8 Å². The van der Waals surface area contributed by atoms with Crippen molar-refractivity contribution < 1.29 is 9.59 Å². The zero-order chi connectivity index (χ0) is 20.8. The number of halogens is 1. The summed E-state index contributed by atoms with van der Waals surface area (Å²) in [5.41, 5.74) is 2.47. The third-order valence-electron chi connectivity index (χ3n) is 6.13. The molecule has 0 spiro atoms. The molecular formula is C22H25ClN4O2. The zero-order valence-electron chi connectivity index (χ0n) is 16.9. The molecule has 1 saturated heterocycles. The van der Waals surface area contributed by atoms with Crippen molar-refractivity contribution in [2.75, 3.05) is 25.5 Å². The Balaban J connectivity index is 1.50. The molecule has 2 aliphatic heterocycles. The standard InChI is InChI=1S/C22H25ClN4O2/c1-14(28)26(3)19-8-9-27(13-19)21(29)16-10-15-11-22(2,25-20(15)24-12-16)17-4-6-18(23)7-5-17/h4-7,10,12,19H,8-9,11,13H2,1-3H3,(H,24,25). The molecule has 1 aromatic carbocycles. The van der Waals surface area contributed by atoms with Crippen LogP contribution >= 0.6 is 11.6 Å². The first-order valence-corrected chi connectivity index (χ1v) is 10.2. The fourth-order valence-electron chi connectivity index (χ4n) is 4.24. The first-order valence-electron chi connectivity index (χ1n) is 9.83. The maximum Gasteiger partial charge on any atom is 0.255 e. The van der Waals surface area contributed by atoms with Crippen LogP contribution in [-0.2, 0) is 16.8 Å². The number of likely N-dealkylation sites (tertiary alicyclic amines) is 1. The highest BCUT2D eigenvalue weighted by Crippen LogP contribution is 2.38. The van der Waals surface area contributed by atoms with Gasteiger partial charge in [0.2, 0.25) is 5.91 Å². The van der Waals surface area contributed by atoms with Crippen molar-refractivity contribution in [3.8, 4) is 0 Å². The number of nitrogens with one attached hydrogen (secondary N) is 1. The largest absolute Gasteiger partial charge is 0.360 e. The van der Waals surface area contributed by atoms with Crippen molar-refractivity contribution >= 4 is 29.2 Å². The van der Waals surface area contributed by atoms with Crippen molar-refractivity contribution in [2.45, 2.75) is 38.3 Å². The van der Waals surface area contributed by atoms with Crippen LogP contribution in [-0.4, -0.2) is 52.8 Å². The molecule has 0 saturated carbocycles. The van der Waals surface area contributed by atoms with E-state index in [1.54, 1.807) is 25.1 Å². The van der Waals surface area contributed by atoms with Gasteiger partial charge in [-0.25, -0.2) is 4.98 Å². The number of benzene rings is 1. The molecule has 7 heteroatoms. The minimum Gasteiger partial charge on any atom is -0.360 e. The van der Waals surface area contributed by atoms with Crippen molar-refractivity contribution in [2.24, 2.45) is 0 Å². The van der Waals surface area contributed by atoms with Crippen LogP contribution in [0.4, 0.5) is 5.82 Å². The van der Waals surface area contributed by atoms with E-state index in [-0.39, 0.29) is 23.4 Å². The fourth-order valence-corrected chi connectivity index (χ4v) is 4.36. The Morgan fingerprint density at radius 2 is 2.03 bits per heavy atom. The van der Waals surface area contributed by atoms with Crippen molar-refractivity contribution in [1.82, 2.24) is 14.8 Å². The van der Waals surface area contributed by atoms with E-state index in [1.165, 1.54) is 0 Å². The van der Waals surface area contributed by atoms with Gasteiger partial charge in [0.1, 0.15) is 5.82 Å². The molecule has 4 rings (SSSR count). The number of pyridine rings is 1. The van der Waals surface area contributed by atoms with Crippen LogP contribution in [0.15, 0.2) is 36.5 Å². The summed E-state index contributed by atoms with van der Waals surface area (Å²) in [5, 5.41) is 4.20. The molecule has 152 valence electrons. The molecule has 1 aromatic heterocycles. The molecule has 0 aliphatic carbocycles. The molecule has 1 N–H and O–H groups in total. The molecule has 2 aromatic rings. The van der Waals surface area contributed by atoms with Gasteiger partial charge in [0.25, 0.3) is 5.91 Å². The third-order valence-corrected chi connectivity index (χ3v) is 6.38. The van der Waals surface area contributed by atoms with E-state index in [2.05, 4.69) is 17.2 Å². The molecule has 29 heavy (non-hydrogen) atoms. The molecule has 2 unspecified atom stereocenters. The summed E-state index contributed by atoms with van der Waals surface area (Å²) in [7, 11) is 1.79. The van der Waals surface area contributed by atoms with Gasteiger partial charge in [-0.3, -0.25) is 9.59 Å². The normalized spacial score (nSPS) is 22.9. The topological polar surface area (TPSA) is 65.5 Å². The maximum atomic E-state index is 13.0. The number of amides is 2. The van der Waals surface area contributed by atoms with E-state index < -0.39 is 0 Å². The lowest BCUT2D eigenvalue weighted by Crippen LogP contribution is -2.38. The van der Waals surface area contributed by atoms with E-state index >= 15 is 0 Å². The molecule has 1 fully saturated rings. The highest BCUT2D eigenvalue weighted by molar-refractivity contribution is 6.30. The number of hydrogen-bond donors (Lipinski definition) is 1. The molecule has 2 amide bonds. The van der Waals surface area contributed by atoms with E-state index in [9.17, 15) is 9.59 Å². The Labute approximate surface area is 175 Å². The number of rotatable bonds is 3. The fraction of sp³-hybridized carbons (Fsp3) is 0.409. The van der Waals surface area contributed by atoms with Gasteiger partial charge < -0.3 is 15.1 Å². The van der Waals surface area contributed by atoms with Crippen molar-refractivity contribution in [3.05, 3.63) is 58.2 Å². The molecule has 0 bridgehead atoms. The molecular weight excluding hydrogens is 388 g/mol. The summed E-state index contributed by atoms with van der Waals surface area (Å²) < 4.78 is 0. The highest BCUT2D eigenvalue weighted by Gasteiger charge is 2.36. The Morgan fingerprint density at radius 3 is 2.72 bits per heavy atom. The second-order valence-corrected chi connectivity index (χ2v) is 8.63. The lowest BCUT2D eigenvalue weighted by atomic mass is 9.89. The zero-order valence-corrected chi connectivity index (χ0v) is 17.7. The maximum absolute atomic E-state index is 13.0. The first-order chi connectivity index (χ1) is 13.8. The Hall–Kier alpha value is -2.60. The molecule has 2 aliphatic rings. The minimum absolute atomic E-state index is 0.0241. The number of carbonyl (C=O) groups is 2. The Bertz CT molecular complexity index is 962. The van der Waals surface area contributed by atoms with E-state index in [0.29, 0.717) is 23.7 Å². The van der Waals surface area contributed by atoms with Gasteiger partial charge in [0, 0.05) is 44.7 Å². The quantitative estimate of drug-likeness (QED) is 0.839. The molecule has 6 nitrogen and oxygen atoms in total. The second-order valence-electron chi connectivity index (χ2n) is 8.20. The van der Waals surface area contributed by atoms with Gasteiger partial charge in [-0.2, -0.15) is 0 Å². The lowest BCUT2D eigenvalue weighted by molar-refractivity contribution is -0.129. The average Bonchev–Trinajstić information content (AvgIpc) is 3.31. The summed E-state index contributed by atoms with van der Waals surface area (Å²) in [6.45, 7) is 4.90. The number of fused-ring (bicyclic) bond motifs is 1. The van der Waals surface area contributed by atoms with Gasteiger partial charge >= 0.3 is 0 Å². The minimum atomic E-state index is -0.287. The van der Waals surface area contributed by atoms with Crippen LogP contribution in [0.5, 0.6) is 0 Å². The van der Waals surface area contributed by atoms with Crippen LogP contribution in [0.25, 0.3) is 0 Å². The summed E-state index contributed by atoms with van der Waals surface area (Å²) in [4.78, 5) is 32.7. The number of hydrogen-bond acceptors (Lipinski definition) is 4. The number of carbonyl (C=O) groups excluding carboxylic acids is 2. The van der Waals surface area contributed by atoms with Gasteiger partial charge in [-0.1, -0.05) is 23.7 Å². The monoisotopic (exact) mass is 412 g/mol. The number of anilines is 1. The van der Waals surface area contributed by atoms with Gasteiger partial charge in [-0.05, 0) is 42.7 Å². The van der Waals surface area contributed by atoms with Crippen LogP contribution in [0, 0.1) is 0 Å². The molecule has 2 atom stereocenters. The predicted molar refractivity (Wildman–Crippen MR) is 113 cm³/mol.